The second-order valence-corrected chi connectivity index (χ2v) is 7.20. The van der Waals surface area contributed by atoms with Gasteiger partial charge >= 0.3 is 0 Å². The molecule has 0 spiro atoms. The smallest absolute Gasteiger partial charge is 0.235 e. The van der Waals surface area contributed by atoms with Gasteiger partial charge in [-0.05, 0) is 32.3 Å². The Kier molecular flexibility index (Phi) is 6.12. The van der Waals surface area contributed by atoms with Crippen LogP contribution in [0.15, 0.2) is 30.3 Å². The lowest BCUT2D eigenvalue weighted by Crippen LogP contribution is -2.45. The van der Waals surface area contributed by atoms with E-state index in [4.69, 9.17) is 0 Å². The lowest BCUT2D eigenvalue weighted by molar-refractivity contribution is -0.132. The Bertz CT molecular complexity index is 449. The summed E-state index contributed by atoms with van der Waals surface area (Å²) in [4.78, 5) is 14.4. The van der Waals surface area contributed by atoms with Gasteiger partial charge in [-0.15, -0.1) is 11.8 Å². The van der Waals surface area contributed by atoms with E-state index in [2.05, 4.69) is 12.1 Å². The summed E-state index contributed by atoms with van der Waals surface area (Å²) in [6.07, 6.45) is 1.69. The molecule has 1 N–H and O–H groups in total. The first-order valence-electron chi connectivity index (χ1n) is 7.70. The van der Waals surface area contributed by atoms with Crippen molar-refractivity contribution >= 4 is 17.7 Å². The molecule has 1 aromatic carbocycles. The number of aliphatic hydroxyl groups is 1. The Morgan fingerprint density at radius 2 is 2.10 bits per heavy atom. The summed E-state index contributed by atoms with van der Waals surface area (Å²) in [7, 11) is 0. The SMILES string of the molecule is CC(SCc1ccccc1)C(=O)N1CCCC(C(C)O)C1. The fraction of sp³-hybridized carbons (Fsp3) is 0.588. The first-order valence-corrected chi connectivity index (χ1v) is 8.75. The van der Waals surface area contributed by atoms with Crippen molar-refractivity contribution in [3.05, 3.63) is 35.9 Å². The number of hydrogen-bond donors (Lipinski definition) is 1. The summed E-state index contributed by atoms with van der Waals surface area (Å²) >= 11 is 1.69. The molecule has 1 amide bonds. The van der Waals surface area contributed by atoms with Crippen LogP contribution in [0.5, 0.6) is 0 Å². The van der Waals surface area contributed by atoms with Crippen LogP contribution >= 0.6 is 11.8 Å². The van der Waals surface area contributed by atoms with Gasteiger partial charge in [-0.1, -0.05) is 30.3 Å². The number of carbonyl (C=O) groups excluding carboxylic acids is 1. The van der Waals surface area contributed by atoms with E-state index in [-0.39, 0.29) is 23.2 Å². The molecule has 1 fully saturated rings. The number of benzene rings is 1. The van der Waals surface area contributed by atoms with Gasteiger partial charge in [0.2, 0.25) is 5.91 Å². The zero-order valence-electron chi connectivity index (χ0n) is 12.9. The topological polar surface area (TPSA) is 40.5 Å². The second-order valence-electron chi connectivity index (χ2n) is 5.87. The highest BCUT2D eigenvalue weighted by Gasteiger charge is 2.28. The third kappa shape index (κ3) is 4.75. The van der Waals surface area contributed by atoms with Crippen LogP contribution in [0.1, 0.15) is 32.3 Å². The molecule has 4 heteroatoms. The number of aliphatic hydroxyl groups excluding tert-OH is 1. The van der Waals surface area contributed by atoms with Crippen LogP contribution in [-0.4, -0.2) is 40.4 Å². The van der Waals surface area contributed by atoms with E-state index >= 15 is 0 Å². The summed E-state index contributed by atoms with van der Waals surface area (Å²) in [6.45, 7) is 5.35. The van der Waals surface area contributed by atoms with Crippen LogP contribution in [0.25, 0.3) is 0 Å². The van der Waals surface area contributed by atoms with E-state index in [1.54, 1.807) is 11.8 Å². The molecule has 0 saturated carbocycles. The molecule has 0 aliphatic carbocycles. The molecule has 3 nitrogen and oxygen atoms in total. The first kappa shape index (κ1) is 16.4. The van der Waals surface area contributed by atoms with Crippen molar-refractivity contribution in [2.45, 2.75) is 43.8 Å². The van der Waals surface area contributed by atoms with Crippen LogP contribution < -0.4 is 0 Å². The molecule has 2 rings (SSSR count). The highest BCUT2D eigenvalue weighted by molar-refractivity contribution is 7.99. The molecule has 0 bridgehead atoms. The Morgan fingerprint density at radius 1 is 1.38 bits per heavy atom. The maximum absolute atomic E-state index is 12.5. The zero-order chi connectivity index (χ0) is 15.2. The minimum atomic E-state index is -0.326. The van der Waals surface area contributed by atoms with E-state index in [0.29, 0.717) is 6.54 Å². The Morgan fingerprint density at radius 3 is 2.76 bits per heavy atom. The van der Waals surface area contributed by atoms with E-state index in [0.717, 1.165) is 25.1 Å². The largest absolute Gasteiger partial charge is 0.393 e. The highest BCUT2D eigenvalue weighted by atomic mass is 32.2. The molecule has 0 aromatic heterocycles. The number of hydrogen-bond acceptors (Lipinski definition) is 3. The maximum Gasteiger partial charge on any atom is 0.235 e. The van der Waals surface area contributed by atoms with Gasteiger partial charge in [-0.25, -0.2) is 0 Å². The molecule has 3 atom stereocenters. The summed E-state index contributed by atoms with van der Waals surface area (Å²) in [5, 5.41) is 9.69. The first-order chi connectivity index (χ1) is 10.1. The molecule has 1 heterocycles. The Hall–Kier alpha value is -1.00. The van der Waals surface area contributed by atoms with Gasteiger partial charge < -0.3 is 10.0 Å². The van der Waals surface area contributed by atoms with E-state index in [1.807, 2.05) is 36.9 Å². The predicted octanol–water partition coefficient (Wildman–Crippen LogP) is 2.93. The second kappa shape index (κ2) is 7.85. The van der Waals surface area contributed by atoms with Crippen molar-refractivity contribution in [3.63, 3.8) is 0 Å². The van der Waals surface area contributed by atoms with Crippen LogP contribution in [0.2, 0.25) is 0 Å². The summed E-state index contributed by atoms with van der Waals surface area (Å²) in [6, 6.07) is 10.2. The van der Waals surface area contributed by atoms with E-state index < -0.39 is 0 Å². The lowest BCUT2D eigenvalue weighted by atomic mass is 9.93. The quantitative estimate of drug-likeness (QED) is 0.909. The van der Waals surface area contributed by atoms with E-state index in [1.165, 1.54) is 5.56 Å². The molecule has 1 aliphatic heterocycles. The molecule has 1 saturated heterocycles. The molecular formula is C17H25NO2S. The fourth-order valence-corrected chi connectivity index (χ4v) is 3.65. The van der Waals surface area contributed by atoms with Gasteiger partial charge in [0.25, 0.3) is 0 Å². The summed E-state index contributed by atoms with van der Waals surface area (Å²) < 4.78 is 0. The summed E-state index contributed by atoms with van der Waals surface area (Å²) in [5.41, 5.74) is 1.25. The number of nitrogens with zero attached hydrogens (tertiary/aromatic N) is 1. The molecule has 0 radical (unpaired) electrons. The van der Waals surface area contributed by atoms with Gasteiger partial charge in [0.15, 0.2) is 0 Å². The van der Waals surface area contributed by atoms with Gasteiger partial charge in [0.05, 0.1) is 11.4 Å². The molecular weight excluding hydrogens is 282 g/mol. The average Bonchev–Trinajstić information content (AvgIpc) is 2.53. The van der Waals surface area contributed by atoms with E-state index in [9.17, 15) is 9.90 Å². The standard InChI is InChI=1S/C17H25NO2S/c1-13(19)16-9-6-10-18(11-16)17(20)14(2)21-12-15-7-4-3-5-8-15/h3-5,7-8,13-14,16,19H,6,9-12H2,1-2H3. The van der Waals surface area contributed by atoms with Crippen molar-refractivity contribution in [1.29, 1.82) is 0 Å². The average molecular weight is 307 g/mol. The number of piperidine rings is 1. The van der Waals surface area contributed by atoms with Gasteiger partial charge in [0, 0.05) is 24.8 Å². The zero-order valence-corrected chi connectivity index (χ0v) is 13.7. The number of thioether (sulfide) groups is 1. The minimum absolute atomic E-state index is 0.0297. The lowest BCUT2D eigenvalue weighted by Gasteiger charge is -2.35. The van der Waals surface area contributed by atoms with Crippen molar-refractivity contribution in [1.82, 2.24) is 4.90 Å². The van der Waals surface area contributed by atoms with Crippen LogP contribution in [0, 0.1) is 5.92 Å². The molecule has 1 aromatic rings. The third-order valence-electron chi connectivity index (χ3n) is 4.14. The molecule has 1 aliphatic rings. The van der Waals surface area contributed by atoms with Crippen LogP contribution in [-0.2, 0) is 10.5 Å². The van der Waals surface area contributed by atoms with Crippen LogP contribution in [0.3, 0.4) is 0 Å². The monoisotopic (exact) mass is 307 g/mol. The highest BCUT2D eigenvalue weighted by Crippen LogP contribution is 2.24. The van der Waals surface area contributed by atoms with Gasteiger partial charge in [-0.2, -0.15) is 0 Å². The van der Waals surface area contributed by atoms with Crippen molar-refractivity contribution in [3.8, 4) is 0 Å². The predicted molar refractivity (Wildman–Crippen MR) is 88.2 cm³/mol. The molecule has 21 heavy (non-hydrogen) atoms. The molecule has 116 valence electrons. The normalized spacial score (nSPS) is 21.9. The minimum Gasteiger partial charge on any atom is -0.393 e. The number of rotatable bonds is 5. The number of carbonyl (C=O) groups is 1. The summed E-state index contributed by atoms with van der Waals surface area (Å²) in [5.74, 6) is 1.30. The number of amides is 1. The van der Waals surface area contributed by atoms with Crippen molar-refractivity contribution < 1.29 is 9.90 Å². The third-order valence-corrected chi connectivity index (χ3v) is 5.34. The maximum atomic E-state index is 12.5. The molecule has 3 unspecified atom stereocenters. The van der Waals surface area contributed by atoms with Gasteiger partial charge in [0.1, 0.15) is 0 Å². The number of likely N-dealkylation sites (tertiary alicyclic amines) is 1. The van der Waals surface area contributed by atoms with Gasteiger partial charge in [-0.3, -0.25) is 4.79 Å². The van der Waals surface area contributed by atoms with Crippen LogP contribution in [0.4, 0.5) is 0 Å². The van der Waals surface area contributed by atoms with Crippen molar-refractivity contribution in [2.75, 3.05) is 13.1 Å². The Labute approximate surface area is 131 Å². The fourth-order valence-electron chi connectivity index (χ4n) is 2.73. The van der Waals surface area contributed by atoms with Crippen molar-refractivity contribution in [2.24, 2.45) is 5.92 Å². The Balaban J connectivity index is 1.84.